The third kappa shape index (κ3) is 4.05. The van der Waals surface area contributed by atoms with Gasteiger partial charge in [-0.25, -0.2) is 0 Å². The second kappa shape index (κ2) is 7.66. The van der Waals surface area contributed by atoms with E-state index < -0.39 is 0 Å². The van der Waals surface area contributed by atoms with Gasteiger partial charge in [0.2, 0.25) is 0 Å². The molecule has 1 atom stereocenters. The molecule has 0 saturated heterocycles. The first kappa shape index (κ1) is 14.5. The Balaban J connectivity index is 1.95. The van der Waals surface area contributed by atoms with Crippen molar-refractivity contribution in [2.45, 2.75) is 51.0 Å². The second-order valence-corrected chi connectivity index (χ2v) is 5.54. The van der Waals surface area contributed by atoms with Gasteiger partial charge in [-0.2, -0.15) is 0 Å². The van der Waals surface area contributed by atoms with E-state index in [-0.39, 0.29) is 0 Å². The van der Waals surface area contributed by atoms with Crippen molar-refractivity contribution in [3.05, 3.63) is 35.4 Å². The van der Waals surface area contributed by atoms with Crippen LogP contribution in [-0.4, -0.2) is 20.3 Å². The number of methoxy groups -OCH3 is 1. The lowest BCUT2D eigenvalue weighted by Gasteiger charge is -2.26. The fraction of sp³-hybridized carbons (Fsp3) is 0.647. The number of ether oxygens (including phenoxy) is 1. The summed E-state index contributed by atoms with van der Waals surface area (Å²) in [5, 5.41) is 3.58. The molecule has 2 heteroatoms. The molecule has 0 amide bonds. The topological polar surface area (TPSA) is 21.3 Å². The van der Waals surface area contributed by atoms with E-state index in [9.17, 15) is 0 Å². The predicted molar refractivity (Wildman–Crippen MR) is 80.6 cm³/mol. The van der Waals surface area contributed by atoms with Gasteiger partial charge in [-0.15, -0.1) is 0 Å². The molecule has 0 spiro atoms. The molecule has 1 aromatic rings. The maximum absolute atomic E-state index is 5.15. The Morgan fingerprint density at radius 1 is 1.26 bits per heavy atom. The van der Waals surface area contributed by atoms with Crippen LogP contribution < -0.4 is 5.32 Å². The average Bonchev–Trinajstić information content (AvgIpc) is 2.37. The first-order chi connectivity index (χ1) is 9.35. The molecule has 1 unspecified atom stereocenters. The molecule has 0 bridgehead atoms. The Labute approximate surface area is 117 Å². The number of benzene rings is 1. The Bertz CT molecular complexity index is 356. The minimum atomic E-state index is 0.468. The van der Waals surface area contributed by atoms with Crippen molar-refractivity contribution in [3.8, 4) is 0 Å². The van der Waals surface area contributed by atoms with Crippen molar-refractivity contribution in [2.75, 3.05) is 20.3 Å². The van der Waals surface area contributed by atoms with Crippen LogP contribution in [0, 0.1) is 0 Å². The Kier molecular flexibility index (Phi) is 5.87. The lowest BCUT2D eigenvalue weighted by Crippen LogP contribution is -2.21. The lowest BCUT2D eigenvalue weighted by atomic mass is 9.80. The second-order valence-electron chi connectivity index (χ2n) is 5.54. The monoisotopic (exact) mass is 261 g/mol. The molecule has 1 aliphatic carbocycles. The van der Waals surface area contributed by atoms with Crippen LogP contribution in [0.15, 0.2) is 24.3 Å². The quantitative estimate of drug-likeness (QED) is 0.713. The summed E-state index contributed by atoms with van der Waals surface area (Å²) >= 11 is 0. The zero-order chi connectivity index (χ0) is 13.5. The fourth-order valence-corrected chi connectivity index (χ4v) is 2.81. The van der Waals surface area contributed by atoms with E-state index in [0.717, 1.165) is 31.9 Å². The van der Waals surface area contributed by atoms with Crippen LogP contribution in [-0.2, 0) is 4.74 Å². The highest BCUT2D eigenvalue weighted by Gasteiger charge is 2.19. The highest BCUT2D eigenvalue weighted by molar-refractivity contribution is 5.28. The van der Waals surface area contributed by atoms with Gasteiger partial charge >= 0.3 is 0 Å². The van der Waals surface area contributed by atoms with Crippen molar-refractivity contribution in [2.24, 2.45) is 0 Å². The van der Waals surface area contributed by atoms with Gasteiger partial charge in [-0.1, -0.05) is 37.6 Å². The van der Waals surface area contributed by atoms with E-state index >= 15 is 0 Å². The van der Waals surface area contributed by atoms with E-state index in [1.54, 1.807) is 7.11 Å². The zero-order valence-electron chi connectivity index (χ0n) is 12.3. The lowest BCUT2D eigenvalue weighted by molar-refractivity contribution is 0.189. The van der Waals surface area contributed by atoms with E-state index in [4.69, 9.17) is 4.74 Å². The Morgan fingerprint density at radius 3 is 2.53 bits per heavy atom. The smallest absolute Gasteiger partial charge is 0.0462 e. The van der Waals surface area contributed by atoms with E-state index in [1.807, 2.05) is 0 Å². The van der Waals surface area contributed by atoms with Crippen LogP contribution in [0.2, 0.25) is 0 Å². The van der Waals surface area contributed by atoms with Crippen molar-refractivity contribution in [1.29, 1.82) is 0 Å². The third-order valence-electron chi connectivity index (χ3n) is 4.21. The normalized spacial score (nSPS) is 17.2. The van der Waals surface area contributed by atoms with Crippen molar-refractivity contribution in [1.82, 2.24) is 5.32 Å². The molecule has 1 aliphatic rings. The van der Waals surface area contributed by atoms with Crippen molar-refractivity contribution < 1.29 is 4.74 Å². The largest absolute Gasteiger partial charge is 0.385 e. The fourth-order valence-electron chi connectivity index (χ4n) is 2.81. The minimum absolute atomic E-state index is 0.468. The van der Waals surface area contributed by atoms with Crippen molar-refractivity contribution >= 4 is 0 Å². The summed E-state index contributed by atoms with van der Waals surface area (Å²) in [4.78, 5) is 0. The maximum atomic E-state index is 5.15. The van der Waals surface area contributed by atoms with Crippen LogP contribution in [0.5, 0.6) is 0 Å². The first-order valence-electron chi connectivity index (χ1n) is 7.67. The summed E-state index contributed by atoms with van der Waals surface area (Å²) in [6.45, 7) is 4.04. The predicted octanol–water partition coefficient (Wildman–Crippen LogP) is 4.03. The molecule has 1 fully saturated rings. The number of rotatable bonds is 8. The summed E-state index contributed by atoms with van der Waals surface area (Å²) in [5.41, 5.74) is 2.95. The van der Waals surface area contributed by atoms with Gasteiger partial charge in [-0.05, 0) is 49.3 Å². The molecule has 2 rings (SSSR count). The molecule has 1 aromatic carbocycles. The van der Waals surface area contributed by atoms with Gasteiger partial charge < -0.3 is 10.1 Å². The van der Waals surface area contributed by atoms with Gasteiger partial charge in [0.25, 0.3) is 0 Å². The van der Waals surface area contributed by atoms with E-state index in [0.29, 0.717) is 6.04 Å². The summed E-state index contributed by atoms with van der Waals surface area (Å²) < 4.78 is 5.15. The average molecular weight is 261 g/mol. The van der Waals surface area contributed by atoms with Gasteiger partial charge in [0.1, 0.15) is 0 Å². The van der Waals surface area contributed by atoms with E-state index in [2.05, 4.69) is 36.5 Å². The van der Waals surface area contributed by atoms with Crippen LogP contribution in [0.3, 0.4) is 0 Å². The van der Waals surface area contributed by atoms with Crippen LogP contribution >= 0.6 is 0 Å². The zero-order valence-corrected chi connectivity index (χ0v) is 12.3. The van der Waals surface area contributed by atoms with Crippen molar-refractivity contribution in [3.63, 3.8) is 0 Å². The summed E-state index contributed by atoms with van der Waals surface area (Å²) in [6, 6.07) is 9.76. The maximum Gasteiger partial charge on any atom is 0.0462 e. The molecule has 0 heterocycles. The van der Waals surface area contributed by atoms with Crippen LogP contribution in [0.1, 0.15) is 62.1 Å². The summed E-state index contributed by atoms with van der Waals surface area (Å²) in [6.07, 6.45) is 6.42. The molecule has 106 valence electrons. The number of hydrogen-bond acceptors (Lipinski definition) is 2. The molecule has 19 heavy (non-hydrogen) atoms. The van der Waals surface area contributed by atoms with Gasteiger partial charge in [0.15, 0.2) is 0 Å². The minimum Gasteiger partial charge on any atom is -0.385 e. The molecule has 0 radical (unpaired) electrons. The summed E-state index contributed by atoms with van der Waals surface area (Å²) in [5.74, 6) is 0.833. The van der Waals surface area contributed by atoms with Gasteiger partial charge in [0.05, 0.1) is 0 Å². The van der Waals surface area contributed by atoms with Crippen LogP contribution in [0.4, 0.5) is 0 Å². The molecular formula is C17H27NO. The Hall–Kier alpha value is -0.860. The molecule has 0 aromatic heterocycles. The molecule has 1 saturated carbocycles. The highest BCUT2D eigenvalue weighted by Crippen LogP contribution is 2.36. The molecular weight excluding hydrogens is 234 g/mol. The first-order valence-corrected chi connectivity index (χ1v) is 7.67. The Morgan fingerprint density at radius 2 is 2.00 bits per heavy atom. The van der Waals surface area contributed by atoms with Gasteiger partial charge in [-0.3, -0.25) is 0 Å². The molecule has 2 nitrogen and oxygen atoms in total. The molecule has 1 N–H and O–H groups in total. The number of nitrogens with one attached hydrogen (secondary N) is 1. The highest BCUT2D eigenvalue weighted by atomic mass is 16.5. The molecule has 0 aliphatic heterocycles. The third-order valence-corrected chi connectivity index (χ3v) is 4.21. The van der Waals surface area contributed by atoms with Gasteiger partial charge in [0, 0.05) is 19.8 Å². The number of hydrogen-bond donors (Lipinski definition) is 1. The van der Waals surface area contributed by atoms with Crippen LogP contribution in [0.25, 0.3) is 0 Å². The standard InChI is InChI=1S/C17H27NO/c1-3-18-17(8-5-13-19-2)16-11-9-15(10-12-16)14-6-4-7-14/h9-12,14,17-18H,3-8,13H2,1-2H3. The summed E-state index contributed by atoms with van der Waals surface area (Å²) in [7, 11) is 1.77. The SMILES string of the molecule is CCNC(CCCOC)c1ccc(C2CCC2)cc1. The van der Waals surface area contributed by atoms with E-state index in [1.165, 1.54) is 30.4 Å².